The summed E-state index contributed by atoms with van der Waals surface area (Å²) in [6, 6.07) is 0. The van der Waals surface area contributed by atoms with E-state index in [4.69, 9.17) is 14.2 Å². The van der Waals surface area contributed by atoms with Crippen molar-refractivity contribution in [3.8, 4) is 0 Å². The van der Waals surface area contributed by atoms with Gasteiger partial charge >= 0.3 is 17.9 Å². The molecule has 0 saturated heterocycles. The van der Waals surface area contributed by atoms with Crippen molar-refractivity contribution in [1.29, 1.82) is 0 Å². The van der Waals surface area contributed by atoms with E-state index in [-0.39, 0.29) is 44.0 Å². The predicted octanol–water partition coefficient (Wildman–Crippen LogP) is 20.7. The van der Waals surface area contributed by atoms with Crippen LogP contribution in [0.25, 0.3) is 0 Å². The summed E-state index contributed by atoms with van der Waals surface area (Å²) in [5.74, 6) is -1.05. The first-order chi connectivity index (χ1) is 37.5. The third-order valence-electron chi connectivity index (χ3n) is 11.9. The lowest BCUT2D eigenvalue weighted by Crippen LogP contribution is -2.30. The van der Waals surface area contributed by atoms with Gasteiger partial charge in [-0.1, -0.05) is 236 Å². The Kier molecular flexibility index (Phi) is 58.0. The van der Waals surface area contributed by atoms with Gasteiger partial charge in [0.25, 0.3) is 0 Å². The number of hydrogen-bond acceptors (Lipinski definition) is 6. The highest BCUT2D eigenvalue weighted by molar-refractivity contribution is 5.71. The Morgan fingerprint density at radius 3 is 0.895 bits per heavy atom. The minimum absolute atomic E-state index is 0.125. The molecule has 0 fully saturated rings. The van der Waals surface area contributed by atoms with E-state index < -0.39 is 6.10 Å². The fourth-order valence-corrected chi connectivity index (χ4v) is 7.49. The van der Waals surface area contributed by atoms with Crippen LogP contribution in [0.5, 0.6) is 0 Å². The van der Waals surface area contributed by atoms with Gasteiger partial charge in [-0.15, -0.1) is 0 Å². The molecule has 0 aromatic rings. The van der Waals surface area contributed by atoms with Crippen molar-refractivity contribution < 1.29 is 28.6 Å². The number of carbonyl (C=O) groups is 3. The Bertz CT molecular complexity index is 1770. The quantitative estimate of drug-likeness (QED) is 0.0261. The molecule has 0 aromatic carbocycles. The molecule has 1 atom stereocenters. The molecular weight excluding hydrogens is 937 g/mol. The first-order valence-electron chi connectivity index (χ1n) is 30.1. The van der Waals surface area contributed by atoms with Crippen molar-refractivity contribution in [2.75, 3.05) is 13.2 Å². The molecule has 0 aliphatic rings. The third kappa shape index (κ3) is 59.6. The zero-order valence-electron chi connectivity index (χ0n) is 48.4. The molecule has 0 N–H and O–H groups in total. The van der Waals surface area contributed by atoms with Crippen LogP contribution in [-0.2, 0) is 28.6 Å². The summed E-state index contributed by atoms with van der Waals surface area (Å²) in [5.41, 5.74) is 0. The van der Waals surface area contributed by atoms with Crippen molar-refractivity contribution in [1.82, 2.24) is 0 Å². The van der Waals surface area contributed by atoms with Gasteiger partial charge in [-0.3, -0.25) is 14.4 Å². The summed E-state index contributed by atoms with van der Waals surface area (Å²) in [4.78, 5) is 38.2. The van der Waals surface area contributed by atoms with Gasteiger partial charge in [0.2, 0.25) is 0 Å². The van der Waals surface area contributed by atoms with E-state index >= 15 is 0 Å². The molecule has 0 aromatic heterocycles. The number of carbonyl (C=O) groups excluding carboxylic acids is 3. The van der Waals surface area contributed by atoms with E-state index in [1.54, 1.807) is 0 Å². The van der Waals surface area contributed by atoms with E-state index in [0.29, 0.717) is 19.3 Å². The molecule has 76 heavy (non-hydrogen) atoms. The van der Waals surface area contributed by atoms with Crippen molar-refractivity contribution >= 4 is 17.9 Å². The number of ether oxygens (including phenoxy) is 3. The van der Waals surface area contributed by atoms with Gasteiger partial charge in [-0.25, -0.2) is 0 Å². The molecule has 6 heteroatoms. The van der Waals surface area contributed by atoms with Crippen LogP contribution >= 0.6 is 0 Å². The van der Waals surface area contributed by atoms with Gasteiger partial charge in [0.05, 0.1) is 0 Å². The fraction of sp³-hybridized carbons (Fsp3) is 0.557. The molecular formula is C70H108O6. The molecule has 0 aliphatic carbocycles. The zero-order valence-corrected chi connectivity index (χ0v) is 48.4. The topological polar surface area (TPSA) is 78.9 Å². The van der Waals surface area contributed by atoms with Gasteiger partial charge < -0.3 is 14.2 Å². The van der Waals surface area contributed by atoms with Gasteiger partial charge in [-0.2, -0.15) is 0 Å². The Morgan fingerprint density at radius 2 is 0.526 bits per heavy atom. The van der Waals surface area contributed by atoms with Crippen molar-refractivity contribution in [3.05, 3.63) is 170 Å². The zero-order chi connectivity index (χ0) is 55.0. The Hall–Kier alpha value is -5.23. The van der Waals surface area contributed by atoms with E-state index in [1.807, 2.05) is 0 Å². The SMILES string of the molecule is CC/C=C\C/C=C\C/C=C\C/C=C\C/C=C\C/C=C\C/C=C\C/C=C\C/C=C\CCCC(=O)OCC(COC(=O)CCCCCCC/C=C\CCCCCCC)OC(=O)CCCC/C=C\C/C=C\C/C=C\C/C=C\CC. The highest BCUT2D eigenvalue weighted by Crippen LogP contribution is 2.12. The van der Waals surface area contributed by atoms with Gasteiger partial charge in [-0.05, 0) is 148 Å². The molecule has 0 radical (unpaired) electrons. The molecule has 6 nitrogen and oxygen atoms in total. The van der Waals surface area contributed by atoms with Crippen LogP contribution in [0.15, 0.2) is 170 Å². The highest BCUT2D eigenvalue weighted by Gasteiger charge is 2.19. The standard InChI is InChI=1S/C70H108O6/c1-4-7-10-13-16-19-22-25-28-29-30-31-32-33-34-35-36-37-38-39-40-41-43-45-48-51-54-57-60-63-69(72)75-66-67(65-74-68(71)62-59-56-53-50-47-44-27-24-21-18-15-12-9-6-3)76-70(73)64-61-58-55-52-49-46-42-26-23-20-17-14-11-8-5-2/h7-8,10-11,16-17,19-20,24-28,30-31,33-34,36-37,39-40,42-43,45,49,51-52,54,67H,4-6,9,12-15,18,21-23,29,32,35,38,41,44,46-48,50,53,55-66H2,1-3H3/b10-7-,11-8-,19-16-,20-17-,27-24-,28-25-,31-30-,34-33-,37-36-,40-39-,42-26-,45-43-,52-49-,54-51-. The minimum Gasteiger partial charge on any atom is -0.462 e. The fourth-order valence-electron chi connectivity index (χ4n) is 7.49. The van der Waals surface area contributed by atoms with Gasteiger partial charge in [0, 0.05) is 19.3 Å². The Morgan fingerprint density at radius 1 is 0.276 bits per heavy atom. The molecule has 0 bridgehead atoms. The summed E-state index contributed by atoms with van der Waals surface area (Å²) in [7, 11) is 0. The lowest BCUT2D eigenvalue weighted by Gasteiger charge is -2.18. The predicted molar refractivity (Wildman–Crippen MR) is 329 cm³/mol. The van der Waals surface area contributed by atoms with E-state index in [1.165, 1.54) is 44.9 Å². The van der Waals surface area contributed by atoms with Crippen LogP contribution < -0.4 is 0 Å². The van der Waals surface area contributed by atoms with Crippen LogP contribution in [0.3, 0.4) is 0 Å². The number of rotatable bonds is 52. The maximum atomic E-state index is 12.8. The molecule has 1 unspecified atom stereocenters. The van der Waals surface area contributed by atoms with Crippen LogP contribution in [-0.4, -0.2) is 37.2 Å². The maximum Gasteiger partial charge on any atom is 0.306 e. The number of allylic oxidation sites excluding steroid dienone is 28. The molecule has 0 saturated carbocycles. The number of unbranched alkanes of at least 4 members (excludes halogenated alkanes) is 13. The van der Waals surface area contributed by atoms with Crippen molar-refractivity contribution in [2.45, 2.75) is 239 Å². The second kappa shape index (κ2) is 62.3. The largest absolute Gasteiger partial charge is 0.462 e. The number of hydrogen-bond donors (Lipinski definition) is 0. The van der Waals surface area contributed by atoms with Crippen molar-refractivity contribution in [2.24, 2.45) is 0 Å². The summed E-state index contributed by atoms with van der Waals surface area (Å²) >= 11 is 0. The normalized spacial score (nSPS) is 13.4. The lowest BCUT2D eigenvalue weighted by atomic mass is 10.1. The highest BCUT2D eigenvalue weighted by atomic mass is 16.6. The average Bonchev–Trinajstić information content (AvgIpc) is 3.42. The Labute approximate surface area is 466 Å². The van der Waals surface area contributed by atoms with Crippen LogP contribution in [0.4, 0.5) is 0 Å². The molecule has 424 valence electrons. The van der Waals surface area contributed by atoms with Crippen LogP contribution in [0.2, 0.25) is 0 Å². The lowest BCUT2D eigenvalue weighted by molar-refractivity contribution is -0.167. The summed E-state index contributed by atoms with van der Waals surface area (Å²) in [5, 5.41) is 0. The van der Waals surface area contributed by atoms with Gasteiger partial charge in [0.1, 0.15) is 13.2 Å². The number of esters is 3. The molecule has 0 heterocycles. The van der Waals surface area contributed by atoms with E-state index in [0.717, 1.165) is 135 Å². The third-order valence-corrected chi connectivity index (χ3v) is 11.9. The Balaban J connectivity index is 4.51. The monoisotopic (exact) mass is 1040 g/mol. The minimum atomic E-state index is -0.836. The second-order valence-corrected chi connectivity index (χ2v) is 19.1. The first-order valence-corrected chi connectivity index (χ1v) is 30.1. The molecule has 0 rings (SSSR count). The van der Waals surface area contributed by atoms with Crippen molar-refractivity contribution in [3.63, 3.8) is 0 Å². The van der Waals surface area contributed by atoms with Crippen LogP contribution in [0, 0.1) is 0 Å². The molecule has 0 spiro atoms. The summed E-state index contributed by atoms with van der Waals surface area (Å²) < 4.78 is 16.8. The average molecular weight is 1050 g/mol. The smallest absolute Gasteiger partial charge is 0.306 e. The van der Waals surface area contributed by atoms with E-state index in [9.17, 15) is 14.4 Å². The first kappa shape index (κ1) is 70.8. The second-order valence-electron chi connectivity index (χ2n) is 19.1. The van der Waals surface area contributed by atoms with Gasteiger partial charge in [0.15, 0.2) is 6.10 Å². The summed E-state index contributed by atoms with van der Waals surface area (Å²) in [6.45, 7) is 6.29. The maximum absolute atomic E-state index is 12.8. The molecule has 0 amide bonds. The van der Waals surface area contributed by atoms with Crippen LogP contribution in [0.1, 0.15) is 233 Å². The summed E-state index contributed by atoms with van der Waals surface area (Å²) in [6.07, 6.45) is 92.2. The molecule has 0 aliphatic heterocycles. The van der Waals surface area contributed by atoms with E-state index in [2.05, 4.69) is 191 Å².